The molecule has 21 heavy (non-hydrogen) atoms. The quantitative estimate of drug-likeness (QED) is 0.870. The Morgan fingerprint density at radius 1 is 1.52 bits per heavy atom. The van der Waals surface area contributed by atoms with Gasteiger partial charge in [-0.05, 0) is 38.3 Å². The van der Waals surface area contributed by atoms with Crippen molar-refractivity contribution in [1.29, 1.82) is 0 Å². The van der Waals surface area contributed by atoms with E-state index in [1.807, 2.05) is 12.1 Å². The highest BCUT2D eigenvalue weighted by atomic mass is 16.3. The number of hydrogen-bond acceptors (Lipinski definition) is 4. The third-order valence-electron chi connectivity index (χ3n) is 3.66. The molecule has 0 saturated carbocycles. The predicted octanol–water partition coefficient (Wildman–Crippen LogP) is 1.92. The molecule has 1 fully saturated rings. The predicted molar refractivity (Wildman–Crippen MR) is 83.6 cm³/mol. The maximum atomic E-state index is 12.2. The highest BCUT2D eigenvalue weighted by molar-refractivity contribution is 5.92. The van der Waals surface area contributed by atoms with E-state index in [2.05, 4.69) is 15.2 Å². The fourth-order valence-corrected chi connectivity index (χ4v) is 2.37. The normalized spacial score (nSPS) is 15.9. The number of rotatable bonds is 5. The Morgan fingerprint density at radius 2 is 2.24 bits per heavy atom. The molecule has 2 N–H and O–H groups in total. The monoisotopic (exact) mass is 292 g/mol. The van der Waals surface area contributed by atoms with E-state index in [1.165, 1.54) is 0 Å². The first kappa shape index (κ1) is 15.6. The number of anilines is 2. The molecule has 0 spiro atoms. The van der Waals surface area contributed by atoms with E-state index in [0.29, 0.717) is 13.0 Å². The van der Waals surface area contributed by atoms with Crippen molar-refractivity contribution < 1.29 is 9.90 Å². The summed E-state index contributed by atoms with van der Waals surface area (Å²) in [6.07, 6.45) is 4.24. The molecule has 1 aliphatic rings. The molecule has 2 rings (SSSR count). The summed E-state index contributed by atoms with van der Waals surface area (Å²) in [5.41, 5.74) is 0.744. The summed E-state index contributed by atoms with van der Waals surface area (Å²) < 4.78 is 0. The van der Waals surface area contributed by atoms with Crippen LogP contribution in [0.4, 0.5) is 16.3 Å². The second-order valence-corrected chi connectivity index (χ2v) is 5.56. The van der Waals surface area contributed by atoms with Crippen molar-refractivity contribution in [2.24, 2.45) is 0 Å². The van der Waals surface area contributed by atoms with Crippen molar-refractivity contribution >= 4 is 17.5 Å². The number of aliphatic hydroxyl groups is 1. The van der Waals surface area contributed by atoms with E-state index in [0.717, 1.165) is 37.4 Å². The lowest BCUT2D eigenvalue weighted by Gasteiger charge is -2.22. The zero-order chi connectivity index (χ0) is 15.2. The third-order valence-corrected chi connectivity index (χ3v) is 3.66. The van der Waals surface area contributed by atoms with Gasteiger partial charge in [-0.3, -0.25) is 0 Å². The molecular weight excluding hydrogens is 268 g/mol. The third kappa shape index (κ3) is 4.32. The number of nitrogens with one attached hydrogen (secondary N) is 1. The lowest BCUT2D eigenvalue weighted by atomic mass is 10.3. The summed E-state index contributed by atoms with van der Waals surface area (Å²) in [5.74, 6) is 0.840. The average molecular weight is 292 g/mol. The van der Waals surface area contributed by atoms with Crippen molar-refractivity contribution in [3.05, 3.63) is 18.3 Å². The van der Waals surface area contributed by atoms with Crippen LogP contribution in [-0.2, 0) is 0 Å². The fourth-order valence-electron chi connectivity index (χ4n) is 2.37. The Labute approximate surface area is 125 Å². The molecule has 1 unspecified atom stereocenters. The number of pyridine rings is 1. The lowest BCUT2D eigenvalue weighted by Crippen LogP contribution is -2.34. The van der Waals surface area contributed by atoms with Gasteiger partial charge in [-0.25, -0.2) is 9.78 Å². The second-order valence-electron chi connectivity index (χ2n) is 5.56. The van der Waals surface area contributed by atoms with E-state index in [-0.39, 0.29) is 6.03 Å². The van der Waals surface area contributed by atoms with Crippen LogP contribution in [0.15, 0.2) is 18.3 Å². The smallest absolute Gasteiger partial charge is 0.321 e. The van der Waals surface area contributed by atoms with Gasteiger partial charge >= 0.3 is 6.03 Å². The van der Waals surface area contributed by atoms with Crippen LogP contribution in [0.3, 0.4) is 0 Å². The van der Waals surface area contributed by atoms with Crippen LogP contribution in [0, 0.1) is 0 Å². The summed E-state index contributed by atoms with van der Waals surface area (Å²) in [6, 6.07) is 3.52. The SMILES string of the molecule is CC(O)CCN(C)C(=O)Nc1cccnc1N1CCCC1. The van der Waals surface area contributed by atoms with Crippen LogP contribution in [0.5, 0.6) is 0 Å². The van der Waals surface area contributed by atoms with E-state index in [4.69, 9.17) is 0 Å². The molecule has 0 bridgehead atoms. The number of hydrogen-bond donors (Lipinski definition) is 2. The Hall–Kier alpha value is -1.82. The van der Waals surface area contributed by atoms with Gasteiger partial charge in [0.1, 0.15) is 0 Å². The van der Waals surface area contributed by atoms with Gasteiger partial charge in [0.2, 0.25) is 0 Å². The average Bonchev–Trinajstić information content (AvgIpc) is 2.99. The molecule has 0 aliphatic carbocycles. The summed E-state index contributed by atoms with van der Waals surface area (Å²) in [4.78, 5) is 20.4. The summed E-state index contributed by atoms with van der Waals surface area (Å²) in [6.45, 7) is 4.21. The minimum Gasteiger partial charge on any atom is -0.393 e. The van der Waals surface area contributed by atoms with Gasteiger partial charge in [-0.1, -0.05) is 0 Å². The van der Waals surface area contributed by atoms with Gasteiger partial charge in [0, 0.05) is 32.9 Å². The molecule has 1 atom stereocenters. The molecule has 1 aromatic heterocycles. The Kier molecular flexibility index (Phi) is 5.38. The molecule has 116 valence electrons. The van der Waals surface area contributed by atoms with Crippen molar-refractivity contribution in [3.8, 4) is 0 Å². The molecule has 1 saturated heterocycles. The number of amides is 2. The summed E-state index contributed by atoms with van der Waals surface area (Å²) >= 11 is 0. The van der Waals surface area contributed by atoms with Crippen molar-refractivity contribution in [3.63, 3.8) is 0 Å². The molecule has 2 amide bonds. The van der Waals surface area contributed by atoms with E-state index < -0.39 is 6.10 Å². The molecule has 0 radical (unpaired) electrons. The minimum atomic E-state index is -0.404. The van der Waals surface area contributed by atoms with E-state index >= 15 is 0 Å². The topological polar surface area (TPSA) is 68.7 Å². The van der Waals surface area contributed by atoms with Gasteiger partial charge in [-0.15, -0.1) is 0 Å². The molecule has 0 aromatic carbocycles. The van der Waals surface area contributed by atoms with Gasteiger partial charge in [0.15, 0.2) is 5.82 Å². The lowest BCUT2D eigenvalue weighted by molar-refractivity contribution is 0.167. The summed E-state index contributed by atoms with van der Waals surface area (Å²) in [5, 5.41) is 12.2. The molecule has 6 heteroatoms. The molecule has 6 nitrogen and oxygen atoms in total. The zero-order valence-electron chi connectivity index (χ0n) is 12.7. The van der Waals surface area contributed by atoms with Gasteiger partial charge in [0.05, 0.1) is 11.8 Å². The van der Waals surface area contributed by atoms with Crippen LogP contribution in [-0.4, -0.2) is 53.8 Å². The number of carbonyl (C=O) groups is 1. The Balaban J connectivity index is 2.00. The highest BCUT2D eigenvalue weighted by Crippen LogP contribution is 2.26. The minimum absolute atomic E-state index is 0.177. The largest absolute Gasteiger partial charge is 0.393 e. The highest BCUT2D eigenvalue weighted by Gasteiger charge is 2.19. The van der Waals surface area contributed by atoms with Crippen molar-refractivity contribution in [2.45, 2.75) is 32.3 Å². The number of urea groups is 1. The van der Waals surface area contributed by atoms with Crippen molar-refractivity contribution in [1.82, 2.24) is 9.88 Å². The standard InChI is InChI=1S/C15H24N4O2/c1-12(20)7-11-18(2)15(21)17-13-6-5-8-16-14(13)19-9-3-4-10-19/h5-6,8,12,20H,3-4,7,9-11H2,1-2H3,(H,17,21). The van der Waals surface area contributed by atoms with Gasteiger partial charge < -0.3 is 20.2 Å². The molecule has 1 aromatic rings. The number of aliphatic hydroxyl groups excluding tert-OH is 1. The van der Waals surface area contributed by atoms with Crippen LogP contribution in [0.1, 0.15) is 26.2 Å². The maximum absolute atomic E-state index is 12.2. The molecule has 2 heterocycles. The van der Waals surface area contributed by atoms with Gasteiger partial charge in [0.25, 0.3) is 0 Å². The first-order valence-electron chi connectivity index (χ1n) is 7.48. The number of carbonyl (C=O) groups excluding carboxylic acids is 1. The Bertz CT molecular complexity index is 472. The zero-order valence-corrected chi connectivity index (χ0v) is 12.7. The Morgan fingerprint density at radius 3 is 2.90 bits per heavy atom. The van der Waals surface area contributed by atoms with E-state index in [1.54, 1.807) is 25.1 Å². The second kappa shape index (κ2) is 7.26. The van der Waals surface area contributed by atoms with E-state index in [9.17, 15) is 9.90 Å². The fraction of sp³-hybridized carbons (Fsp3) is 0.600. The number of aromatic nitrogens is 1. The number of nitrogens with zero attached hydrogens (tertiary/aromatic N) is 3. The van der Waals surface area contributed by atoms with Crippen molar-refractivity contribution in [2.75, 3.05) is 36.9 Å². The van der Waals surface area contributed by atoms with Crippen LogP contribution in [0.25, 0.3) is 0 Å². The maximum Gasteiger partial charge on any atom is 0.321 e. The molecular formula is C15H24N4O2. The van der Waals surface area contributed by atoms with Crippen LogP contribution >= 0.6 is 0 Å². The van der Waals surface area contributed by atoms with Crippen LogP contribution < -0.4 is 10.2 Å². The first-order chi connectivity index (χ1) is 10.1. The van der Waals surface area contributed by atoms with Gasteiger partial charge in [-0.2, -0.15) is 0 Å². The van der Waals surface area contributed by atoms with Crippen LogP contribution in [0.2, 0.25) is 0 Å². The first-order valence-corrected chi connectivity index (χ1v) is 7.48. The molecule has 1 aliphatic heterocycles. The summed E-state index contributed by atoms with van der Waals surface area (Å²) in [7, 11) is 1.73.